The van der Waals surface area contributed by atoms with Gasteiger partial charge in [-0.1, -0.05) is 231 Å². The first-order chi connectivity index (χ1) is 48.2. The number of fused-ring (bicyclic) bond motifs is 13. The summed E-state index contributed by atoms with van der Waals surface area (Å²) in [7, 11) is 0. The number of para-hydroxylation sites is 6. The van der Waals surface area contributed by atoms with Gasteiger partial charge in [0.2, 0.25) is 5.89 Å². The highest BCUT2D eigenvalue weighted by Gasteiger charge is 2.37. The first-order valence-electron chi connectivity index (χ1n) is 33.0. The molecule has 0 N–H and O–H groups in total. The van der Waals surface area contributed by atoms with Crippen molar-refractivity contribution in [1.82, 2.24) is 28.2 Å². The molecular weight excluding hydrogens is 1180 g/mol. The second-order valence-corrected chi connectivity index (χ2v) is 25.2. The molecule has 14 aromatic carbocycles. The molecule has 97 heavy (non-hydrogen) atoms. The van der Waals surface area contributed by atoms with E-state index >= 15 is 0 Å². The quantitative estimate of drug-likeness (QED) is 0.137. The molecule has 452 valence electrons. The molecule has 0 aliphatic heterocycles. The molecule has 7 nitrogen and oxygen atoms in total. The van der Waals surface area contributed by atoms with Gasteiger partial charge in [-0.25, -0.2) is 4.98 Å². The van der Waals surface area contributed by atoms with E-state index in [-0.39, 0.29) is 0 Å². The van der Waals surface area contributed by atoms with E-state index in [2.05, 4.69) is 334 Å². The monoisotopic (exact) mass is 1240 g/mol. The van der Waals surface area contributed by atoms with Crippen molar-refractivity contribution in [3.63, 3.8) is 0 Å². The van der Waals surface area contributed by atoms with Crippen LogP contribution in [0.2, 0.25) is 0 Å². The molecule has 0 aliphatic rings. The lowest BCUT2D eigenvalue weighted by atomic mass is 9.93. The number of hydrogen-bond acceptors (Lipinski definition) is 3. The van der Waals surface area contributed by atoms with E-state index < -0.39 is 0 Å². The molecule has 20 aromatic rings. The van der Waals surface area contributed by atoms with Crippen LogP contribution in [-0.4, -0.2) is 28.2 Å². The Balaban J connectivity index is 1.09. The predicted octanol–water partition coefficient (Wildman–Crippen LogP) is 23.6. The number of aromatic nitrogens is 6. The van der Waals surface area contributed by atoms with Gasteiger partial charge in [-0.3, -0.25) is 4.98 Å². The number of nitrogens with zero attached hydrogens (tertiary/aromatic N) is 6. The normalized spacial score (nSPS) is 11.9. The van der Waals surface area contributed by atoms with Crippen molar-refractivity contribution >= 4 is 98.3 Å². The maximum atomic E-state index is 7.60. The Labute approximate surface area is 557 Å². The molecule has 7 heteroatoms. The summed E-state index contributed by atoms with van der Waals surface area (Å²) >= 11 is 0. The summed E-state index contributed by atoms with van der Waals surface area (Å²) in [5.74, 6) is 0.467. The molecule has 0 unspecified atom stereocenters. The molecule has 6 heterocycles. The summed E-state index contributed by atoms with van der Waals surface area (Å²) < 4.78 is 17.8. The summed E-state index contributed by atoms with van der Waals surface area (Å²) in [6.45, 7) is 0. The average molecular weight is 1240 g/mol. The lowest BCUT2D eigenvalue weighted by Crippen LogP contribution is -2.16. The third-order valence-electron chi connectivity index (χ3n) is 19.9. The van der Waals surface area contributed by atoms with Crippen molar-refractivity contribution < 1.29 is 4.42 Å². The fourth-order valence-corrected chi connectivity index (χ4v) is 15.6. The lowest BCUT2D eigenvalue weighted by molar-refractivity contribution is 0.619. The van der Waals surface area contributed by atoms with Crippen molar-refractivity contribution in [2.45, 2.75) is 0 Å². The highest BCUT2D eigenvalue weighted by molar-refractivity contribution is 6.19. The lowest BCUT2D eigenvalue weighted by Gasteiger charge is -2.30. The second kappa shape index (κ2) is 21.7. The summed E-state index contributed by atoms with van der Waals surface area (Å²) in [6.07, 6.45) is 3.88. The minimum atomic E-state index is 0.467. The highest BCUT2D eigenvalue weighted by Crippen LogP contribution is 2.55. The highest BCUT2D eigenvalue weighted by atomic mass is 16.3. The fraction of sp³-hybridized carbons (Fsp3) is 0. The minimum absolute atomic E-state index is 0.467. The van der Waals surface area contributed by atoms with Crippen LogP contribution in [0, 0.1) is 0 Å². The zero-order valence-corrected chi connectivity index (χ0v) is 52.4. The number of rotatable bonds is 10. The Morgan fingerprint density at radius 1 is 0.216 bits per heavy atom. The van der Waals surface area contributed by atoms with E-state index in [4.69, 9.17) is 14.4 Å². The summed E-state index contributed by atoms with van der Waals surface area (Å²) in [4.78, 5) is 10.6. The van der Waals surface area contributed by atoms with Gasteiger partial charge in [0.25, 0.3) is 0 Å². The Hall–Kier alpha value is -13.1. The van der Waals surface area contributed by atoms with Crippen molar-refractivity contribution in [3.8, 4) is 89.8 Å². The van der Waals surface area contributed by atoms with Gasteiger partial charge in [0.15, 0.2) is 5.58 Å². The van der Waals surface area contributed by atoms with Crippen LogP contribution in [0.5, 0.6) is 0 Å². The van der Waals surface area contributed by atoms with Crippen molar-refractivity contribution in [3.05, 3.63) is 340 Å². The molecule has 0 aliphatic carbocycles. The van der Waals surface area contributed by atoms with Crippen LogP contribution in [0.1, 0.15) is 0 Å². The van der Waals surface area contributed by atoms with Gasteiger partial charge in [0, 0.05) is 61.0 Å². The molecule has 0 saturated carbocycles. The number of oxazole rings is 1. The third-order valence-corrected chi connectivity index (χ3v) is 19.9. The molecule has 20 rings (SSSR count). The van der Waals surface area contributed by atoms with Crippen LogP contribution >= 0.6 is 0 Å². The van der Waals surface area contributed by atoms with E-state index in [0.717, 1.165) is 177 Å². The molecule has 0 spiro atoms. The Morgan fingerprint density at radius 3 is 0.907 bits per heavy atom. The first kappa shape index (κ1) is 54.5. The first-order valence-corrected chi connectivity index (χ1v) is 33.0. The van der Waals surface area contributed by atoms with E-state index in [1.165, 1.54) is 0 Å². The molecule has 0 radical (unpaired) electrons. The van der Waals surface area contributed by atoms with E-state index in [9.17, 15) is 0 Å². The smallest absolute Gasteiger partial charge is 0.231 e. The van der Waals surface area contributed by atoms with Crippen molar-refractivity contribution in [2.75, 3.05) is 0 Å². The number of hydrogen-bond donors (Lipinski definition) is 0. The van der Waals surface area contributed by atoms with Gasteiger partial charge < -0.3 is 22.7 Å². The van der Waals surface area contributed by atoms with Gasteiger partial charge in [0.1, 0.15) is 5.52 Å². The largest absolute Gasteiger partial charge is 0.436 e. The van der Waals surface area contributed by atoms with Crippen LogP contribution < -0.4 is 0 Å². The zero-order chi connectivity index (χ0) is 63.7. The molecule has 6 aromatic heterocycles. The average Bonchev–Trinajstić information content (AvgIpc) is 1.58. The van der Waals surface area contributed by atoms with Crippen LogP contribution in [-0.2, 0) is 0 Å². The molecule has 0 atom stereocenters. The van der Waals surface area contributed by atoms with Crippen LogP contribution in [0.15, 0.2) is 344 Å². The SMILES string of the molecule is c1ccc(-c2ccc3c(c2)c2ccccc2n3-c2c(-c3ccncc3)c(-n3c4ccccc4c4cc(-c5ccccc5)ccc43)c(-n3c4ccccc4c4cc(-c5ccccc5)ccc43)c(-n3c4ccccc4c4cc(-c5ccccc5)ccc43)c2-c2nc3ccccc3o2)cc1. The molecular formula is C90H56N6O. The van der Waals surface area contributed by atoms with Crippen LogP contribution in [0.3, 0.4) is 0 Å². The summed E-state index contributed by atoms with van der Waals surface area (Å²) in [6, 6.07) is 119. The van der Waals surface area contributed by atoms with E-state index in [1.54, 1.807) is 0 Å². The van der Waals surface area contributed by atoms with Gasteiger partial charge in [-0.15, -0.1) is 0 Å². The predicted molar refractivity (Wildman–Crippen MR) is 402 cm³/mol. The van der Waals surface area contributed by atoms with E-state index in [0.29, 0.717) is 11.5 Å². The second-order valence-electron chi connectivity index (χ2n) is 25.2. The number of pyridine rings is 1. The molecule has 0 bridgehead atoms. The molecule has 0 amide bonds. The molecule has 0 saturated heterocycles. The van der Waals surface area contributed by atoms with Gasteiger partial charge in [-0.05, 0) is 147 Å². The van der Waals surface area contributed by atoms with E-state index in [1.807, 2.05) is 24.5 Å². The Bertz CT molecular complexity index is 6500. The summed E-state index contributed by atoms with van der Waals surface area (Å²) in [5, 5.41) is 8.92. The van der Waals surface area contributed by atoms with Crippen molar-refractivity contribution in [2.24, 2.45) is 0 Å². The van der Waals surface area contributed by atoms with Gasteiger partial charge in [-0.2, -0.15) is 0 Å². The van der Waals surface area contributed by atoms with Crippen LogP contribution in [0.4, 0.5) is 0 Å². The topological polar surface area (TPSA) is 58.6 Å². The molecule has 0 fully saturated rings. The van der Waals surface area contributed by atoms with Crippen LogP contribution in [0.25, 0.3) is 188 Å². The number of benzene rings is 14. The Kier molecular flexibility index (Phi) is 12.2. The zero-order valence-electron chi connectivity index (χ0n) is 52.4. The van der Waals surface area contributed by atoms with Gasteiger partial charge >= 0.3 is 0 Å². The van der Waals surface area contributed by atoms with Gasteiger partial charge in [0.05, 0.1) is 72.4 Å². The van der Waals surface area contributed by atoms with Crippen molar-refractivity contribution in [1.29, 1.82) is 0 Å². The Morgan fingerprint density at radius 2 is 0.526 bits per heavy atom. The maximum absolute atomic E-state index is 7.60. The maximum Gasteiger partial charge on any atom is 0.231 e. The standard InChI is InChI=1S/C90H56N6O/c1-5-23-57(24-6-1)62-41-45-79-70(53-62)66-31-13-18-36-75(66)93(79)86-84(61-49-51-91-52-50-61)87(94-76-37-19-14-32-67(76)71-54-63(42-46-80(71)94)58-25-7-2-8-26-58)89(96-78-39-21-16-34-69(78)73-56-65(44-48-82(73)96)60-29-11-4-12-30-60)88(85(86)90-92-74-35-17-22-40-83(74)97-90)95-77-38-20-15-33-68(77)72-55-64(43-47-81(72)95)59-27-9-3-10-28-59/h1-56H. The fourth-order valence-electron chi connectivity index (χ4n) is 15.6. The minimum Gasteiger partial charge on any atom is -0.436 e. The third kappa shape index (κ3) is 8.42. The summed E-state index contributed by atoms with van der Waals surface area (Å²) in [5.41, 5.74) is 25.1.